The van der Waals surface area contributed by atoms with Crippen LogP contribution in [0.2, 0.25) is 0 Å². The van der Waals surface area contributed by atoms with Crippen molar-refractivity contribution in [3.05, 3.63) is 81.0 Å². The van der Waals surface area contributed by atoms with Crippen LogP contribution in [0, 0.1) is 50.9 Å². The fourth-order valence-electron chi connectivity index (χ4n) is 3.70. The van der Waals surface area contributed by atoms with Crippen LogP contribution in [-0.4, -0.2) is 23.4 Å². The number of carbonyl (C=O) groups is 1. The maximum Gasteiger partial charge on any atom is 1.00 e. The van der Waals surface area contributed by atoms with E-state index in [-0.39, 0.29) is 76.1 Å². The number of aliphatic hydroxyl groups is 1. The van der Waals surface area contributed by atoms with Gasteiger partial charge in [0.1, 0.15) is 23.7 Å². The summed E-state index contributed by atoms with van der Waals surface area (Å²) in [5, 5.41) is 9.76. The Bertz CT molecular complexity index is 972. The molecule has 0 radical (unpaired) electrons. The van der Waals surface area contributed by atoms with E-state index >= 15 is 0 Å². The Balaban J connectivity index is 0.00000127. The molecule has 0 atom stereocenters. The van der Waals surface area contributed by atoms with Crippen LogP contribution in [-0.2, 0) is 11.2 Å². The maximum atomic E-state index is 14.2. The van der Waals surface area contributed by atoms with Gasteiger partial charge in [-0.3, -0.25) is 7.05 Å². The number of H-pyrrole nitrogens is 1. The van der Waals surface area contributed by atoms with E-state index in [2.05, 4.69) is 24.5 Å². The van der Waals surface area contributed by atoms with E-state index in [9.17, 15) is 18.0 Å². The van der Waals surface area contributed by atoms with E-state index in [4.69, 9.17) is 5.11 Å². The number of fused-ring (bicyclic) bond motifs is 1. The van der Waals surface area contributed by atoms with Crippen LogP contribution in [0.5, 0.6) is 0 Å². The number of aromatic amines is 1. The second-order valence-corrected chi connectivity index (χ2v) is 7.09. The molecule has 0 unspecified atom stereocenters. The smallest absolute Gasteiger partial charge is 0.569 e. The minimum absolute atomic E-state index is 0. The van der Waals surface area contributed by atoms with Crippen molar-refractivity contribution in [1.29, 1.82) is 0 Å². The third-order valence-corrected chi connectivity index (χ3v) is 5.02. The second kappa shape index (κ2) is 15.0. The zero-order valence-electron chi connectivity index (χ0n) is 18.7. The average molecular weight is 473 g/mol. The van der Waals surface area contributed by atoms with Crippen LogP contribution < -0.4 is 56.7 Å². The van der Waals surface area contributed by atoms with Gasteiger partial charge in [-0.25, -0.2) is 20.3 Å². The molecule has 0 spiro atoms. The SMILES string of the molecule is O=CC1CC(Cc2c(-c3ccc(F)cc3)[nH]c3c(F)cc(F)cc23)C1.[CH2-]NC.[CH2-]O.[CH3-].[K+]. The molecule has 0 saturated heterocycles. The predicted molar refractivity (Wildman–Crippen MR) is 118 cm³/mol. The number of benzene rings is 2. The molecular weight excluding hydrogens is 444 g/mol. The number of aldehydes is 1. The molecule has 1 aromatic heterocycles. The molecule has 1 aliphatic rings. The van der Waals surface area contributed by atoms with Crippen molar-refractivity contribution in [1.82, 2.24) is 10.3 Å². The van der Waals surface area contributed by atoms with Gasteiger partial charge in [0.25, 0.3) is 0 Å². The minimum atomic E-state index is -0.649. The topological polar surface area (TPSA) is 65.1 Å². The summed E-state index contributed by atoms with van der Waals surface area (Å²) < 4.78 is 41.2. The van der Waals surface area contributed by atoms with Gasteiger partial charge in [0.2, 0.25) is 0 Å². The van der Waals surface area contributed by atoms with E-state index in [0.29, 0.717) is 23.4 Å². The fourth-order valence-corrected chi connectivity index (χ4v) is 3.70. The first-order chi connectivity index (χ1) is 14.5. The Morgan fingerprint density at radius 2 is 1.69 bits per heavy atom. The van der Waals surface area contributed by atoms with E-state index in [0.717, 1.165) is 36.3 Å². The Labute approximate surface area is 230 Å². The van der Waals surface area contributed by atoms with Crippen molar-refractivity contribution >= 4 is 17.2 Å². The van der Waals surface area contributed by atoms with Gasteiger partial charge in [0.05, 0.1) is 5.52 Å². The van der Waals surface area contributed by atoms with Crippen LogP contribution >= 0.6 is 0 Å². The van der Waals surface area contributed by atoms with Crippen LogP contribution in [0.1, 0.15) is 18.4 Å². The van der Waals surface area contributed by atoms with Crippen molar-refractivity contribution in [2.45, 2.75) is 19.3 Å². The van der Waals surface area contributed by atoms with Crippen LogP contribution in [0.25, 0.3) is 22.2 Å². The van der Waals surface area contributed by atoms with Crippen LogP contribution in [0.4, 0.5) is 13.2 Å². The number of rotatable bonds is 4. The first kappa shape index (κ1) is 31.0. The Hall–Kier alpha value is -1.00. The summed E-state index contributed by atoms with van der Waals surface area (Å²) in [6, 6.07) is 8.09. The summed E-state index contributed by atoms with van der Waals surface area (Å²) >= 11 is 0. The van der Waals surface area contributed by atoms with Gasteiger partial charge in [0, 0.05) is 23.1 Å². The zero-order valence-corrected chi connectivity index (χ0v) is 21.8. The van der Waals surface area contributed by atoms with Gasteiger partial charge in [-0.2, -0.15) is 0 Å². The summed E-state index contributed by atoms with van der Waals surface area (Å²) in [5.41, 5.74) is 2.46. The Morgan fingerprint density at radius 1 is 1.12 bits per heavy atom. The third-order valence-electron chi connectivity index (χ3n) is 5.02. The van der Waals surface area contributed by atoms with E-state index in [1.165, 1.54) is 18.2 Å². The monoisotopic (exact) mass is 472 g/mol. The number of carbonyl (C=O) groups excluding carboxylic acids is 1. The molecule has 0 aliphatic heterocycles. The molecule has 4 rings (SSSR count). The number of nitrogens with one attached hydrogen (secondary N) is 2. The summed E-state index contributed by atoms with van der Waals surface area (Å²) in [5.74, 6) is -1.25. The maximum absolute atomic E-state index is 14.2. The number of hydrogen-bond acceptors (Lipinski definition) is 3. The zero-order chi connectivity index (χ0) is 22.3. The third kappa shape index (κ3) is 7.51. The van der Waals surface area contributed by atoms with Gasteiger partial charge < -0.3 is 27.6 Å². The molecule has 1 saturated carbocycles. The van der Waals surface area contributed by atoms with Crippen LogP contribution in [0.15, 0.2) is 36.4 Å². The Morgan fingerprint density at radius 3 is 2.22 bits per heavy atom. The predicted octanol–water partition coefficient (Wildman–Crippen LogP) is 2.62. The number of hydrogen-bond donors (Lipinski definition) is 3. The van der Waals surface area contributed by atoms with Crippen molar-refractivity contribution in [2.75, 3.05) is 7.05 Å². The molecule has 2 aromatic carbocycles. The Kier molecular flexibility index (Phi) is 14.5. The minimum Gasteiger partial charge on any atom is -0.569 e. The fraction of sp³-hybridized carbons (Fsp3) is 0.250. The van der Waals surface area contributed by atoms with Crippen molar-refractivity contribution in [3.63, 3.8) is 0 Å². The molecule has 1 fully saturated rings. The molecule has 32 heavy (non-hydrogen) atoms. The van der Waals surface area contributed by atoms with Gasteiger partial charge >= 0.3 is 51.4 Å². The number of aromatic nitrogens is 1. The normalized spacial score (nSPS) is 16.2. The summed E-state index contributed by atoms with van der Waals surface area (Å²) in [6.07, 6.45) is 3.17. The van der Waals surface area contributed by atoms with Crippen molar-refractivity contribution < 1.29 is 74.5 Å². The van der Waals surface area contributed by atoms with Crippen molar-refractivity contribution in [3.8, 4) is 11.3 Å². The van der Waals surface area contributed by atoms with E-state index < -0.39 is 11.6 Å². The molecule has 0 amide bonds. The molecule has 3 N–H and O–H groups in total. The molecule has 3 aromatic rings. The van der Waals surface area contributed by atoms with Gasteiger partial charge in [-0.1, -0.05) is 0 Å². The molecule has 8 heteroatoms. The first-order valence-corrected chi connectivity index (χ1v) is 9.43. The van der Waals surface area contributed by atoms with E-state index in [1.54, 1.807) is 19.2 Å². The number of aliphatic hydroxyl groups excluding tert-OH is 1. The molecule has 1 heterocycles. The molecule has 1 aliphatic carbocycles. The number of halogens is 3. The summed E-state index contributed by atoms with van der Waals surface area (Å²) in [4.78, 5) is 13.9. The first-order valence-electron chi connectivity index (χ1n) is 9.43. The van der Waals surface area contributed by atoms with Crippen LogP contribution in [0.3, 0.4) is 0 Å². The average Bonchev–Trinajstić information content (AvgIpc) is 3.05. The molecular formula is C24H28F3KN2O2-2. The van der Waals surface area contributed by atoms with Gasteiger partial charge in [-0.15, -0.1) is 0 Å². The summed E-state index contributed by atoms with van der Waals surface area (Å²) in [6.45, 7) is 0. The van der Waals surface area contributed by atoms with E-state index in [1.807, 2.05) is 0 Å². The standard InChI is InChI=1S/C20H16F3NO.C2H6N.CH3O.CH3.K/c21-14-3-1-13(2-4-14)19-16(7-11-5-12(6-11)10-25)17-8-15(22)9-18(23)20(17)24-19;1-3-2;1-2;;/h1-4,8-12,24H,5-7H2;3H,1H2,2H3;2H,1H2;1H3;/q;3*-1;+1. The largest absolute Gasteiger partial charge is 1.00 e. The molecule has 0 bridgehead atoms. The second-order valence-electron chi connectivity index (χ2n) is 7.09. The van der Waals surface area contributed by atoms with Gasteiger partial charge in [0.15, 0.2) is 0 Å². The summed E-state index contributed by atoms with van der Waals surface area (Å²) in [7, 11) is 7.25. The molecule has 4 nitrogen and oxygen atoms in total. The van der Waals surface area contributed by atoms with Gasteiger partial charge in [-0.05, 0) is 73.7 Å². The molecule has 170 valence electrons. The van der Waals surface area contributed by atoms with Crippen molar-refractivity contribution in [2.24, 2.45) is 11.8 Å². The quantitative estimate of drug-likeness (QED) is 0.311.